The second-order valence-electron chi connectivity index (χ2n) is 7.93. The van der Waals surface area contributed by atoms with Crippen LogP contribution in [0.5, 0.6) is 5.75 Å². The molecular weight excluding hydrogens is 426 g/mol. The highest BCUT2D eigenvalue weighted by molar-refractivity contribution is 5.98. The van der Waals surface area contributed by atoms with Gasteiger partial charge in [-0.2, -0.15) is 0 Å². The van der Waals surface area contributed by atoms with Gasteiger partial charge in [-0.05, 0) is 41.3 Å². The molecule has 0 aliphatic rings. The lowest BCUT2D eigenvalue weighted by Gasteiger charge is -2.22. The molecule has 0 fully saturated rings. The molecule has 2 N–H and O–H groups in total. The van der Waals surface area contributed by atoms with E-state index in [1.807, 2.05) is 54.6 Å². The summed E-state index contributed by atoms with van der Waals surface area (Å²) in [4.78, 5) is 25.1. The summed E-state index contributed by atoms with van der Waals surface area (Å²) >= 11 is 0. The lowest BCUT2D eigenvalue weighted by molar-refractivity contribution is -0.124. The molecule has 0 aliphatic heterocycles. The Morgan fingerprint density at radius 3 is 2.06 bits per heavy atom. The molecule has 33 heavy (non-hydrogen) atoms. The summed E-state index contributed by atoms with van der Waals surface area (Å²) < 4.78 is 33.5. The Hall–Kier alpha value is -3.74. The molecule has 3 aromatic carbocycles. The summed E-state index contributed by atoms with van der Waals surface area (Å²) in [5.74, 6) is -2.88. The first-order chi connectivity index (χ1) is 15.8. The average Bonchev–Trinajstić information content (AvgIpc) is 2.80. The Kier molecular flexibility index (Phi) is 8.13. The van der Waals surface area contributed by atoms with Crippen LogP contribution in [0.2, 0.25) is 0 Å². The van der Waals surface area contributed by atoms with Crippen LogP contribution in [0.4, 0.5) is 8.78 Å². The minimum atomic E-state index is -0.980. The molecule has 0 aliphatic carbocycles. The summed E-state index contributed by atoms with van der Waals surface area (Å²) in [7, 11) is 0. The third-order valence-corrected chi connectivity index (χ3v) is 5.06. The molecule has 172 valence electrons. The smallest absolute Gasteiger partial charge is 0.257 e. The number of nitrogens with one attached hydrogen (secondary N) is 2. The molecule has 3 aromatic rings. The van der Waals surface area contributed by atoms with E-state index in [9.17, 15) is 18.4 Å². The van der Waals surface area contributed by atoms with E-state index in [0.29, 0.717) is 6.61 Å². The van der Waals surface area contributed by atoms with Crippen molar-refractivity contribution in [2.24, 2.45) is 5.92 Å². The van der Waals surface area contributed by atoms with Crippen LogP contribution in [0.3, 0.4) is 0 Å². The summed E-state index contributed by atoms with van der Waals surface area (Å²) in [6, 6.07) is 19.3. The van der Waals surface area contributed by atoms with E-state index in [1.165, 1.54) is 6.07 Å². The van der Waals surface area contributed by atoms with Gasteiger partial charge in [0.25, 0.3) is 5.91 Å². The molecule has 0 heterocycles. The summed E-state index contributed by atoms with van der Waals surface area (Å²) in [5.41, 5.74) is 1.14. The van der Waals surface area contributed by atoms with E-state index < -0.39 is 35.1 Å². The van der Waals surface area contributed by atoms with Gasteiger partial charge in [-0.3, -0.25) is 9.59 Å². The van der Waals surface area contributed by atoms with Crippen LogP contribution < -0.4 is 15.4 Å². The first kappa shape index (κ1) is 23.9. The molecule has 0 saturated carbocycles. The van der Waals surface area contributed by atoms with Crippen LogP contribution in [-0.4, -0.2) is 17.9 Å². The molecule has 1 unspecified atom stereocenters. The zero-order valence-corrected chi connectivity index (χ0v) is 18.5. The quantitative estimate of drug-likeness (QED) is 0.498. The maximum absolute atomic E-state index is 13.9. The van der Waals surface area contributed by atoms with E-state index in [2.05, 4.69) is 10.6 Å². The van der Waals surface area contributed by atoms with E-state index in [0.717, 1.165) is 29.0 Å². The first-order valence-electron chi connectivity index (χ1n) is 10.6. The molecule has 0 radical (unpaired) electrons. The van der Waals surface area contributed by atoms with Gasteiger partial charge in [0.1, 0.15) is 35.6 Å². The molecule has 5 nitrogen and oxygen atoms in total. The lowest BCUT2D eigenvalue weighted by atomic mass is 10.0. The van der Waals surface area contributed by atoms with Gasteiger partial charge in [0, 0.05) is 6.54 Å². The number of carbonyl (C=O) groups is 2. The zero-order chi connectivity index (χ0) is 23.8. The molecule has 7 heteroatoms. The summed E-state index contributed by atoms with van der Waals surface area (Å²) in [6.07, 6.45) is 0. The fourth-order valence-electron chi connectivity index (χ4n) is 3.20. The van der Waals surface area contributed by atoms with Crippen molar-refractivity contribution in [1.29, 1.82) is 0 Å². The highest BCUT2D eigenvalue weighted by atomic mass is 19.1. The van der Waals surface area contributed by atoms with Crippen molar-refractivity contribution in [3.63, 3.8) is 0 Å². The van der Waals surface area contributed by atoms with E-state index >= 15 is 0 Å². The minimum absolute atomic E-state index is 0.242. The second kappa shape index (κ2) is 11.2. The second-order valence-corrected chi connectivity index (χ2v) is 7.93. The molecule has 0 aromatic heterocycles. The number of amides is 2. The molecule has 0 spiro atoms. The van der Waals surface area contributed by atoms with Crippen LogP contribution in [0.15, 0.2) is 72.8 Å². The SMILES string of the molecule is CC(C)C(NC(=O)c1c(F)cccc1F)C(=O)NCc1ccc(COc2ccccc2)cc1. The lowest BCUT2D eigenvalue weighted by Crippen LogP contribution is -2.49. The number of hydrogen-bond donors (Lipinski definition) is 2. The maximum atomic E-state index is 13.9. The molecule has 2 amide bonds. The van der Waals surface area contributed by atoms with Crippen molar-refractivity contribution in [3.05, 3.63) is 101 Å². The molecular formula is C26H26F2N2O3. The van der Waals surface area contributed by atoms with Crippen LogP contribution in [0.25, 0.3) is 0 Å². The van der Waals surface area contributed by atoms with Crippen LogP contribution >= 0.6 is 0 Å². The van der Waals surface area contributed by atoms with E-state index in [-0.39, 0.29) is 12.5 Å². The molecule has 3 rings (SSSR count). The van der Waals surface area contributed by atoms with Crippen molar-refractivity contribution >= 4 is 11.8 Å². The van der Waals surface area contributed by atoms with Gasteiger partial charge >= 0.3 is 0 Å². The number of halogens is 2. The van der Waals surface area contributed by atoms with E-state index in [4.69, 9.17) is 4.74 Å². The van der Waals surface area contributed by atoms with Crippen LogP contribution in [0.1, 0.15) is 35.3 Å². The normalized spacial score (nSPS) is 11.7. The monoisotopic (exact) mass is 452 g/mol. The third kappa shape index (κ3) is 6.62. The number of para-hydroxylation sites is 1. The standard InChI is InChI=1S/C26H26F2N2O3/c1-17(2)24(30-25(31)23-21(27)9-6-10-22(23)28)26(32)29-15-18-11-13-19(14-12-18)16-33-20-7-4-3-5-8-20/h3-14,17,24H,15-16H2,1-2H3,(H,29,32)(H,30,31). The Bertz CT molecular complexity index is 1070. The zero-order valence-electron chi connectivity index (χ0n) is 18.5. The summed E-state index contributed by atoms with van der Waals surface area (Å²) in [6.45, 7) is 4.14. The van der Waals surface area contributed by atoms with Crippen molar-refractivity contribution in [2.45, 2.75) is 33.0 Å². The Morgan fingerprint density at radius 1 is 0.848 bits per heavy atom. The van der Waals surface area contributed by atoms with Gasteiger partial charge in [-0.25, -0.2) is 8.78 Å². The Labute approximate surface area is 191 Å². The van der Waals surface area contributed by atoms with Gasteiger partial charge in [0.15, 0.2) is 0 Å². The van der Waals surface area contributed by atoms with Crippen LogP contribution in [-0.2, 0) is 17.9 Å². The van der Waals surface area contributed by atoms with Gasteiger partial charge in [0.05, 0.1) is 0 Å². The van der Waals surface area contributed by atoms with Crippen molar-refractivity contribution < 1.29 is 23.1 Å². The average molecular weight is 453 g/mol. The van der Waals surface area contributed by atoms with Crippen LogP contribution in [0, 0.1) is 17.6 Å². The van der Waals surface area contributed by atoms with Gasteiger partial charge in [-0.15, -0.1) is 0 Å². The van der Waals surface area contributed by atoms with E-state index in [1.54, 1.807) is 13.8 Å². The van der Waals surface area contributed by atoms with Gasteiger partial charge < -0.3 is 15.4 Å². The number of ether oxygens (including phenoxy) is 1. The van der Waals surface area contributed by atoms with Crippen molar-refractivity contribution in [2.75, 3.05) is 0 Å². The highest BCUT2D eigenvalue weighted by Crippen LogP contribution is 2.14. The number of carbonyl (C=O) groups excluding carboxylic acids is 2. The van der Waals surface area contributed by atoms with Crippen molar-refractivity contribution in [1.82, 2.24) is 10.6 Å². The fourth-order valence-corrected chi connectivity index (χ4v) is 3.20. The third-order valence-electron chi connectivity index (χ3n) is 5.06. The number of rotatable bonds is 9. The Morgan fingerprint density at radius 2 is 1.45 bits per heavy atom. The number of benzene rings is 3. The minimum Gasteiger partial charge on any atom is -0.489 e. The molecule has 0 saturated heterocycles. The molecule has 1 atom stereocenters. The highest BCUT2D eigenvalue weighted by Gasteiger charge is 2.27. The largest absolute Gasteiger partial charge is 0.489 e. The topological polar surface area (TPSA) is 67.4 Å². The predicted octanol–water partition coefficient (Wildman–Crippen LogP) is 4.61. The van der Waals surface area contributed by atoms with Crippen molar-refractivity contribution in [3.8, 4) is 5.75 Å². The first-order valence-corrected chi connectivity index (χ1v) is 10.6. The summed E-state index contributed by atoms with van der Waals surface area (Å²) in [5, 5.41) is 5.22. The maximum Gasteiger partial charge on any atom is 0.257 e. The molecule has 0 bridgehead atoms. The van der Waals surface area contributed by atoms with Gasteiger partial charge in [-0.1, -0.05) is 62.4 Å². The Balaban J connectivity index is 1.55. The fraction of sp³-hybridized carbons (Fsp3) is 0.231. The van der Waals surface area contributed by atoms with Gasteiger partial charge in [0.2, 0.25) is 5.91 Å². The number of hydrogen-bond acceptors (Lipinski definition) is 3. The predicted molar refractivity (Wildman–Crippen MR) is 122 cm³/mol.